The molecule has 1 aliphatic carbocycles. The number of anilines is 3. The third-order valence-corrected chi connectivity index (χ3v) is 19.2. The lowest BCUT2D eigenvalue weighted by atomic mass is 9.64. The Kier molecular flexibility index (Phi) is 9.33. The van der Waals surface area contributed by atoms with Gasteiger partial charge in [-0.3, -0.25) is 0 Å². The number of para-hydroxylation sites is 2. The maximum Gasteiger partial charge on any atom is 0.180 e. The quantitative estimate of drug-likeness (QED) is 0.114. The number of hydrogen-bond donors (Lipinski definition) is 0. The fraction of sp³-hybridized carbons (Fsp3) is 0.115. The van der Waals surface area contributed by atoms with Gasteiger partial charge >= 0.3 is 0 Å². The maximum absolute atomic E-state index is 2.92. The van der Waals surface area contributed by atoms with Gasteiger partial charge in [0, 0.05) is 22.4 Å². The van der Waals surface area contributed by atoms with Crippen molar-refractivity contribution < 1.29 is 0 Å². The average molecular weight is 826 g/mol. The summed E-state index contributed by atoms with van der Waals surface area (Å²) in [5.74, 6) is 0.0300. The zero-order valence-corrected chi connectivity index (χ0v) is 37.5. The molecule has 0 saturated heterocycles. The van der Waals surface area contributed by atoms with Crippen LogP contribution in [0.4, 0.5) is 17.1 Å². The Labute approximate surface area is 374 Å². The van der Waals surface area contributed by atoms with Crippen LogP contribution in [0.2, 0.25) is 0 Å². The molecule has 1 heterocycles. The number of hydrogen-bond acceptors (Lipinski definition) is 1. The third-order valence-electron chi connectivity index (χ3n) is 14.3. The fourth-order valence-corrected chi connectivity index (χ4v) is 16.4. The van der Waals surface area contributed by atoms with Crippen LogP contribution in [0.15, 0.2) is 231 Å². The van der Waals surface area contributed by atoms with Crippen LogP contribution in [0.5, 0.6) is 0 Å². The zero-order chi connectivity index (χ0) is 42.8. The van der Waals surface area contributed by atoms with Crippen molar-refractivity contribution in [3.05, 3.63) is 269 Å². The summed E-state index contributed by atoms with van der Waals surface area (Å²) < 4.78 is 0. The van der Waals surface area contributed by atoms with Crippen LogP contribution >= 0.6 is 0 Å². The Bertz CT molecular complexity index is 2810. The summed E-state index contributed by atoms with van der Waals surface area (Å²) in [4.78, 5) is 2.55. The first-order valence-corrected chi connectivity index (χ1v) is 24.4. The van der Waals surface area contributed by atoms with Crippen LogP contribution in [0.1, 0.15) is 72.6 Å². The summed E-state index contributed by atoms with van der Waals surface area (Å²) in [5, 5.41) is 5.47. The van der Waals surface area contributed by atoms with Crippen LogP contribution in [0, 0.1) is 0 Å². The van der Waals surface area contributed by atoms with Crippen LogP contribution in [-0.2, 0) is 10.8 Å². The Morgan fingerprint density at radius 3 is 1.29 bits per heavy atom. The Morgan fingerprint density at radius 1 is 0.381 bits per heavy atom. The van der Waals surface area contributed by atoms with Gasteiger partial charge in [0.25, 0.3) is 0 Å². The zero-order valence-electron chi connectivity index (χ0n) is 36.5. The first-order valence-electron chi connectivity index (χ1n) is 22.4. The first kappa shape index (κ1) is 38.9. The normalized spacial score (nSPS) is 14.8. The van der Waals surface area contributed by atoms with E-state index in [0.717, 1.165) is 0 Å². The average Bonchev–Trinajstić information content (AvgIpc) is 3.33. The maximum atomic E-state index is 2.55. The first-order chi connectivity index (χ1) is 30.8. The monoisotopic (exact) mass is 825 g/mol. The highest BCUT2D eigenvalue weighted by Gasteiger charge is 2.44. The van der Waals surface area contributed by atoms with E-state index >= 15 is 0 Å². The minimum Gasteiger partial charge on any atom is -0.310 e. The van der Waals surface area contributed by atoms with Crippen LogP contribution in [0.3, 0.4) is 0 Å². The number of fused-ring (bicyclic) bond motifs is 4. The molecule has 0 unspecified atom stereocenters. The highest BCUT2D eigenvalue weighted by atomic mass is 28.3. The molecule has 0 fully saturated rings. The molecule has 1 nitrogen and oxygen atoms in total. The lowest BCUT2D eigenvalue weighted by Gasteiger charge is -2.43. The van der Waals surface area contributed by atoms with E-state index in [1.165, 1.54) is 87.9 Å². The van der Waals surface area contributed by atoms with Crippen molar-refractivity contribution in [3.63, 3.8) is 0 Å². The molecule has 0 N–H and O–H groups in total. The Balaban J connectivity index is 1.25. The molecule has 2 aliphatic rings. The van der Waals surface area contributed by atoms with Crippen molar-refractivity contribution in [2.24, 2.45) is 0 Å². The predicted molar refractivity (Wildman–Crippen MR) is 268 cm³/mol. The van der Waals surface area contributed by atoms with E-state index in [1.807, 2.05) is 0 Å². The van der Waals surface area contributed by atoms with E-state index in [-0.39, 0.29) is 16.7 Å². The second-order valence-corrected chi connectivity index (χ2v) is 22.2. The van der Waals surface area contributed by atoms with Crippen LogP contribution in [-0.4, -0.2) is 8.07 Å². The van der Waals surface area contributed by atoms with Gasteiger partial charge < -0.3 is 4.90 Å². The summed E-state index contributed by atoms with van der Waals surface area (Å²) >= 11 is 0. The fourth-order valence-electron chi connectivity index (χ4n) is 11.4. The summed E-state index contributed by atoms with van der Waals surface area (Å²) in [7, 11) is -2.92. The molecule has 0 saturated carbocycles. The van der Waals surface area contributed by atoms with Crippen molar-refractivity contribution in [2.45, 2.75) is 44.4 Å². The van der Waals surface area contributed by atoms with Gasteiger partial charge in [-0.1, -0.05) is 234 Å². The van der Waals surface area contributed by atoms with E-state index in [0.29, 0.717) is 0 Å². The molecule has 0 spiro atoms. The topological polar surface area (TPSA) is 3.24 Å². The molecule has 0 atom stereocenters. The van der Waals surface area contributed by atoms with Crippen molar-refractivity contribution >= 4 is 45.9 Å². The van der Waals surface area contributed by atoms with E-state index < -0.39 is 8.07 Å². The molecule has 2 heteroatoms. The number of nitrogens with zero attached hydrogens (tertiary/aromatic N) is 1. The van der Waals surface area contributed by atoms with E-state index in [4.69, 9.17) is 0 Å². The molecule has 9 aromatic carbocycles. The van der Waals surface area contributed by atoms with Gasteiger partial charge in [-0.2, -0.15) is 0 Å². The standard InChI is InChI=1S/C61H51NSi/c1-60(2)52-33-17-14-31-50(52)59(51-32-15-18-34-53(51)60)44-40-43(41-45(42-44)62-56-37-21-19-35-54(56)61(3,4)55-36-20-22-38-57(55)62)49-30-16-23-39-58(49)63(46-24-8-5-9-25-46,47-26-10-6-11-27-47)48-28-12-7-13-29-48/h5-42,59H,1-4H3. The second-order valence-electron chi connectivity index (χ2n) is 18.4. The summed E-state index contributed by atoms with van der Waals surface area (Å²) in [6.45, 7) is 9.53. The van der Waals surface area contributed by atoms with Gasteiger partial charge in [-0.05, 0) is 95.1 Å². The molecular formula is C61H51NSi. The molecule has 0 radical (unpaired) electrons. The minimum absolute atomic E-state index is 0.0300. The van der Waals surface area contributed by atoms with E-state index in [9.17, 15) is 0 Å². The SMILES string of the molecule is CC1(C)c2ccccc2C(c2cc(-c3ccccc3[Si](c3ccccc3)(c3ccccc3)c3ccccc3)cc(N3c4ccccc4C(C)(C)c4ccccc43)c2)c2ccccc21. The highest BCUT2D eigenvalue weighted by Crippen LogP contribution is 2.54. The van der Waals surface area contributed by atoms with Crippen molar-refractivity contribution in [1.82, 2.24) is 0 Å². The summed E-state index contributed by atoms with van der Waals surface area (Å²) in [6.07, 6.45) is 0. The molecule has 9 aromatic rings. The molecule has 0 bridgehead atoms. The molecule has 0 aromatic heterocycles. The lowest BCUT2D eigenvalue weighted by Crippen LogP contribution is -2.75. The van der Waals surface area contributed by atoms with Gasteiger partial charge in [0.15, 0.2) is 8.07 Å². The third kappa shape index (κ3) is 6.03. The molecular weight excluding hydrogens is 775 g/mol. The number of rotatable bonds is 7. The van der Waals surface area contributed by atoms with E-state index in [2.05, 4.69) is 263 Å². The molecule has 1 aliphatic heterocycles. The van der Waals surface area contributed by atoms with Gasteiger partial charge in [-0.25, -0.2) is 0 Å². The second kappa shape index (κ2) is 15.1. The lowest BCUT2D eigenvalue weighted by molar-refractivity contribution is 0.597. The van der Waals surface area contributed by atoms with Crippen molar-refractivity contribution in [2.75, 3.05) is 4.90 Å². The van der Waals surface area contributed by atoms with Crippen molar-refractivity contribution in [1.29, 1.82) is 0 Å². The summed E-state index contributed by atoms with van der Waals surface area (Å²) in [5.41, 5.74) is 15.3. The van der Waals surface area contributed by atoms with Gasteiger partial charge in [-0.15, -0.1) is 0 Å². The van der Waals surface area contributed by atoms with Crippen molar-refractivity contribution in [3.8, 4) is 11.1 Å². The summed E-state index contributed by atoms with van der Waals surface area (Å²) in [6, 6.07) is 87.3. The Hall–Kier alpha value is -7.00. The highest BCUT2D eigenvalue weighted by molar-refractivity contribution is 7.20. The molecule has 11 rings (SSSR count). The minimum atomic E-state index is -2.92. The smallest absolute Gasteiger partial charge is 0.180 e. The predicted octanol–water partition coefficient (Wildman–Crippen LogP) is 12.7. The van der Waals surface area contributed by atoms with Crippen LogP contribution in [0.25, 0.3) is 11.1 Å². The van der Waals surface area contributed by atoms with Gasteiger partial charge in [0.2, 0.25) is 0 Å². The van der Waals surface area contributed by atoms with E-state index in [1.54, 1.807) is 0 Å². The number of benzene rings is 9. The molecule has 0 amide bonds. The molecule has 304 valence electrons. The van der Waals surface area contributed by atoms with Gasteiger partial charge in [0.1, 0.15) is 0 Å². The van der Waals surface area contributed by atoms with Crippen LogP contribution < -0.4 is 25.6 Å². The largest absolute Gasteiger partial charge is 0.310 e. The Morgan fingerprint density at radius 2 is 0.778 bits per heavy atom. The van der Waals surface area contributed by atoms with Gasteiger partial charge in [0.05, 0.1) is 11.4 Å². The molecule has 63 heavy (non-hydrogen) atoms.